The van der Waals surface area contributed by atoms with Crippen LogP contribution in [0.2, 0.25) is 0 Å². The van der Waals surface area contributed by atoms with E-state index in [1.165, 1.54) is 78.0 Å². The lowest BCUT2D eigenvalue weighted by Gasteiger charge is -2.60. The average molecular weight is 881 g/mol. The molecule has 4 nitrogen and oxygen atoms in total. The molecule has 62 heavy (non-hydrogen) atoms. The fourth-order valence-corrected chi connectivity index (χ4v) is 21.5. The predicted molar refractivity (Wildman–Crippen MR) is 280 cm³/mol. The van der Waals surface area contributed by atoms with E-state index in [0.717, 1.165) is 11.4 Å². The average Bonchev–Trinajstić information content (AvgIpc) is 3.34. The maximum Gasteiger partial charge on any atom is 0.122 e. The summed E-state index contributed by atoms with van der Waals surface area (Å²) in [6.07, 6.45) is 0. The van der Waals surface area contributed by atoms with Gasteiger partial charge in [0.1, 0.15) is 14.7 Å². The smallest absolute Gasteiger partial charge is 0.122 e. The number of hydrogen-bond donors (Lipinski definition) is 2. The van der Waals surface area contributed by atoms with Gasteiger partial charge in [0, 0.05) is 0 Å². The van der Waals surface area contributed by atoms with Crippen LogP contribution in [0.15, 0.2) is 78.3 Å². The second kappa shape index (κ2) is 15.2. The lowest BCUT2D eigenvalue weighted by molar-refractivity contribution is 0.549. The van der Waals surface area contributed by atoms with Gasteiger partial charge in [0.25, 0.3) is 0 Å². The third-order valence-electron chi connectivity index (χ3n) is 15.9. The Morgan fingerprint density at radius 3 is 0.710 bits per heavy atom. The van der Waals surface area contributed by atoms with Crippen molar-refractivity contribution < 1.29 is 0 Å². The van der Waals surface area contributed by atoms with E-state index in [1.807, 2.05) is 0 Å². The van der Waals surface area contributed by atoms with Gasteiger partial charge in [-0.3, -0.25) is 0 Å². The minimum Gasteiger partial charge on any atom is -0.235 e. The van der Waals surface area contributed by atoms with Crippen molar-refractivity contribution in [2.75, 3.05) is 0 Å². The molecule has 0 saturated carbocycles. The Balaban J connectivity index is 2.12. The number of nitrogens with one attached hydrogen (secondary N) is 2. The molecule has 5 rings (SSSR count). The zero-order valence-electron chi connectivity index (χ0n) is 45.1. The third-order valence-corrected chi connectivity index (χ3v) is 25.4. The summed E-state index contributed by atoms with van der Waals surface area (Å²) in [4.78, 5) is 9.44. The van der Waals surface area contributed by atoms with E-state index in [4.69, 9.17) is 19.2 Å². The van der Waals surface area contributed by atoms with Gasteiger partial charge in [-0.2, -0.15) is 0 Å². The Bertz CT molecular complexity index is 2160. The van der Waals surface area contributed by atoms with E-state index in [9.17, 15) is 0 Å². The van der Waals surface area contributed by atoms with Crippen LogP contribution in [-0.4, -0.2) is 10.3 Å². The second-order valence-corrected chi connectivity index (χ2v) is 32.5. The van der Waals surface area contributed by atoms with E-state index in [-0.39, 0.29) is 42.8 Å². The molecule has 0 atom stereocenters. The Hall–Kier alpha value is -2.22. The van der Waals surface area contributed by atoms with Gasteiger partial charge < -0.3 is 0 Å². The topological polar surface area (TPSA) is 48.8 Å². The molecule has 2 aliphatic carbocycles. The van der Waals surface area contributed by atoms with Crippen molar-refractivity contribution in [2.24, 2.45) is 9.49 Å². The highest BCUT2D eigenvalue weighted by atomic mass is 31.3. The summed E-state index contributed by atoms with van der Waals surface area (Å²) in [5, 5.41) is -0.755. The first-order valence-corrected chi connectivity index (χ1v) is 27.0. The van der Waals surface area contributed by atoms with Crippen molar-refractivity contribution in [3.8, 4) is 0 Å². The van der Waals surface area contributed by atoms with Gasteiger partial charge in [0.15, 0.2) is 0 Å². The van der Waals surface area contributed by atoms with E-state index < -0.39 is 14.7 Å². The number of benzene rings is 2. The van der Waals surface area contributed by atoms with Crippen LogP contribution >= 0.6 is 14.7 Å². The molecule has 2 aromatic rings. The zero-order chi connectivity index (χ0) is 47.9. The summed E-state index contributed by atoms with van der Waals surface area (Å²) in [5.41, 5.74) is 20.9. The fourth-order valence-electron chi connectivity index (χ4n) is 10.2. The van der Waals surface area contributed by atoms with Gasteiger partial charge in [-0.15, -0.1) is 0 Å². The number of allylic oxidation sites excluding steroid dienone is 8. The van der Waals surface area contributed by atoms with Crippen molar-refractivity contribution in [3.63, 3.8) is 0 Å². The zero-order valence-corrected chi connectivity index (χ0v) is 46.9. The molecule has 1 aliphatic heterocycles. The first-order chi connectivity index (χ1) is 27.5. The van der Waals surface area contributed by atoms with E-state index in [0.29, 0.717) is 0 Å². The second-order valence-electron chi connectivity index (χ2n) is 26.2. The Morgan fingerprint density at radius 2 is 0.548 bits per heavy atom. The third kappa shape index (κ3) is 7.88. The highest BCUT2D eigenvalue weighted by Crippen LogP contribution is 2.86. The largest absolute Gasteiger partial charge is 0.235 e. The van der Waals surface area contributed by atoms with Crippen LogP contribution in [0.5, 0.6) is 0 Å². The highest BCUT2D eigenvalue weighted by molar-refractivity contribution is 7.94. The molecule has 0 unspecified atom stereocenters. The van der Waals surface area contributed by atoms with E-state index >= 15 is 0 Å². The number of hydrogen-bond acceptors (Lipinski definition) is 2. The first kappa shape index (κ1) is 50.8. The van der Waals surface area contributed by atoms with Crippen LogP contribution < -0.4 is 9.72 Å². The quantitative estimate of drug-likeness (QED) is 0.301. The monoisotopic (exact) mass is 881 g/mol. The molecule has 6 heteroatoms. The molecule has 1 saturated heterocycles. The van der Waals surface area contributed by atoms with E-state index in [1.54, 1.807) is 0 Å². The maximum atomic E-state index is 6.45. The van der Waals surface area contributed by atoms with Crippen LogP contribution in [0.1, 0.15) is 227 Å². The van der Waals surface area contributed by atoms with Gasteiger partial charge in [-0.1, -0.05) is 171 Å². The van der Waals surface area contributed by atoms with Gasteiger partial charge in [0.2, 0.25) is 0 Å². The molecule has 0 spiro atoms. The molecular formula is C56H90N4P2. The van der Waals surface area contributed by atoms with Crippen LogP contribution in [0, 0.1) is 0 Å². The molecule has 0 aromatic heterocycles. The van der Waals surface area contributed by atoms with Crippen molar-refractivity contribution in [1.82, 2.24) is 9.72 Å². The minimum atomic E-state index is -2.76. The minimum absolute atomic E-state index is 0.0131. The molecule has 344 valence electrons. The molecule has 2 aromatic carbocycles. The predicted octanol–water partition coefficient (Wildman–Crippen LogP) is 18.6. The Morgan fingerprint density at radius 1 is 0.355 bits per heavy atom. The van der Waals surface area contributed by atoms with Crippen molar-refractivity contribution >= 4 is 26.1 Å². The van der Waals surface area contributed by atoms with Gasteiger partial charge in [-0.25, -0.2) is 19.2 Å². The number of nitrogens with zero attached hydrogens (tertiary/aromatic N) is 2. The SMILES string of the molecule is CC1=C(C)C(C)(P2(=Nc3c(C(C)(C)C)cc(C(C)(C)C)cc3C(C)(C)C)NP(=Nc3c(C(C)(C)C)cc(C(C)(C)C)cc3C(C)(C)C)(C3(C)C(C)=C(C)C(C)=C3C)N2)C(C)=C1C. The molecule has 0 radical (unpaired) electrons. The van der Waals surface area contributed by atoms with Gasteiger partial charge >= 0.3 is 0 Å². The van der Waals surface area contributed by atoms with Crippen LogP contribution in [-0.2, 0) is 32.5 Å². The first-order valence-electron chi connectivity index (χ1n) is 23.5. The van der Waals surface area contributed by atoms with Crippen LogP contribution in [0.25, 0.3) is 0 Å². The molecule has 0 amide bonds. The number of rotatable bonds is 4. The molecule has 3 aliphatic rings. The molecule has 2 N–H and O–H groups in total. The molecule has 1 heterocycles. The molecular weight excluding hydrogens is 791 g/mol. The standard InChI is InChI=1S/C56H90N4P2/c1-33-34(2)38(6)55(27,37(33)5)61(57-47-43(51(15,16)17)29-41(49(9,10)11)30-44(47)52(18,19)20)59-62(60-61,56(28)39(7)35(3)36(4)40(56)8)58-48-45(53(21,22)23)31-42(50(12,13)14)32-46(48)54(24,25)26/h29-32,59-60H,1-28H3. The highest BCUT2D eigenvalue weighted by Gasteiger charge is 2.65. The van der Waals surface area contributed by atoms with Gasteiger partial charge in [-0.05, 0) is 157 Å². The lowest BCUT2D eigenvalue weighted by atomic mass is 9.74. The fraction of sp³-hybridized carbons (Fsp3) is 0.643. The summed E-state index contributed by atoms with van der Waals surface area (Å²) in [7, 11) is -5.52. The summed E-state index contributed by atoms with van der Waals surface area (Å²) >= 11 is 0. The summed E-state index contributed by atoms with van der Waals surface area (Å²) < 4.78 is 12.9. The normalized spacial score (nSPS) is 23.8. The van der Waals surface area contributed by atoms with Crippen molar-refractivity contribution in [3.05, 3.63) is 102 Å². The Labute approximate surface area is 382 Å². The van der Waals surface area contributed by atoms with Crippen molar-refractivity contribution in [2.45, 2.75) is 237 Å². The van der Waals surface area contributed by atoms with E-state index in [2.05, 4.69) is 218 Å². The maximum absolute atomic E-state index is 6.45. The van der Waals surface area contributed by atoms with Gasteiger partial charge in [0.05, 0.1) is 21.7 Å². The summed E-state index contributed by atoms with van der Waals surface area (Å²) in [6.45, 7) is 66.4. The Kier molecular flexibility index (Phi) is 12.4. The van der Waals surface area contributed by atoms with Crippen molar-refractivity contribution in [1.29, 1.82) is 0 Å². The van der Waals surface area contributed by atoms with Crippen LogP contribution in [0.4, 0.5) is 11.4 Å². The molecule has 0 bridgehead atoms. The lowest BCUT2D eigenvalue weighted by Crippen LogP contribution is -2.53. The summed E-state index contributed by atoms with van der Waals surface area (Å²) in [6, 6.07) is 9.96. The van der Waals surface area contributed by atoms with Crippen LogP contribution in [0.3, 0.4) is 0 Å². The summed E-state index contributed by atoms with van der Waals surface area (Å²) in [5.74, 6) is 0. The molecule has 1 fully saturated rings.